The molecule has 21 heavy (non-hydrogen) atoms. The molecule has 0 unspecified atom stereocenters. The van der Waals surface area contributed by atoms with Crippen LogP contribution in [0.5, 0.6) is 0 Å². The predicted octanol–water partition coefficient (Wildman–Crippen LogP) is 3.58. The van der Waals surface area contributed by atoms with Gasteiger partial charge in [0.1, 0.15) is 0 Å². The van der Waals surface area contributed by atoms with Crippen molar-refractivity contribution in [1.82, 2.24) is 15.1 Å². The lowest BCUT2D eigenvalue weighted by atomic mass is 9.90. The van der Waals surface area contributed by atoms with Crippen LogP contribution >= 0.6 is 0 Å². The summed E-state index contributed by atoms with van der Waals surface area (Å²) in [6.45, 7) is 7.81. The maximum atomic E-state index is 5.18. The fourth-order valence-corrected chi connectivity index (χ4v) is 3.35. The number of nitrogens with one attached hydrogen (secondary N) is 1. The molecule has 3 heterocycles. The molecular formula is C17H25N3O. The molecule has 0 amide bonds. The minimum Gasteiger partial charge on any atom is -0.472 e. The van der Waals surface area contributed by atoms with E-state index in [0.29, 0.717) is 11.8 Å². The average molecular weight is 287 g/mol. The zero-order chi connectivity index (χ0) is 14.7. The van der Waals surface area contributed by atoms with Gasteiger partial charge in [0.2, 0.25) is 0 Å². The third kappa shape index (κ3) is 3.56. The van der Waals surface area contributed by atoms with Gasteiger partial charge >= 0.3 is 0 Å². The fraction of sp³-hybridized carbons (Fsp3) is 0.588. The van der Waals surface area contributed by atoms with Crippen molar-refractivity contribution in [2.45, 2.75) is 45.6 Å². The average Bonchev–Trinajstić information content (AvgIpc) is 3.10. The normalized spacial score (nSPS) is 20.2. The molecule has 114 valence electrons. The summed E-state index contributed by atoms with van der Waals surface area (Å²) < 4.78 is 5.18. The first-order chi connectivity index (χ1) is 10.2. The number of nitrogens with zero attached hydrogens (tertiary/aromatic N) is 2. The summed E-state index contributed by atoms with van der Waals surface area (Å²) >= 11 is 0. The summed E-state index contributed by atoms with van der Waals surface area (Å²) in [6.07, 6.45) is 9.25. The highest BCUT2D eigenvalue weighted by Crippen LogP contribution is 2.29. The molecule has 2 aromatic heterocycles. The van der Waals surface area contributed by atoms with Gasteiger partial charge in [-0.25, -0.2) is 0 Å². The molecule has 0 aromatic carbocycles. The number of H-pyrrole nitrogens is 1. The number of aromatic amines is 1. The van der Waals surface area contributed by atoms with E-state index in [-0.39, 0.29) is 0 Å². The Bertz CT molecular complexity index is 544. The topological polar surface area (TPSA) is 45.1 Å². The third-order valence-electron chi connectivity index (χ3n) is 4.28. The molecule has 1 atom stereocenters. The van der Waals surface area contributed by atoms with Gasteiger partial charge in [-0.1, -0.05) is 13.8 Å². The quantitative estimate of drug-likeness (QED) is 0.914. The molecule has 1 fully saturated rings. The standard InChI is InChI=1S/C17H25N3O/c1-13(2)8-16-9-18-19-17(16)15-4-3-6-20(11-15)10-14-5-7-21-12-14/h5,7,9,12-13,15H,3-4,6,8,10-11H2,1-2H3,(H,18,19)/t15-/m0/s1. The largest absolute Gasteiger partial charge is 0.472 e. The van der Waals surface area contributed by atoms with Crippen molar-refractivity contribution >= 4 is 0 Å². The number of likely N-dealkylation sites (tertiary alicyclic amines) is 1. The second-order valence-electron chi connectivity index (χ2n) is 6.61. The van der Waals surface area contributed by atoms with Crippen molar-refractivity contribution < 1.29 is 4.42 Å². The van der Waals surface area contributed by atoms with E-state index in [1.54, 1.807) is 6.26 Å². The molecule has 1 saturated heterocycles. The Labute approximate surface area is 126 Å². The summed E-state index contributed by atoms with van der Waals surface area (Å²) in [4.78, 5) is 2.53. The maximum absolute atomic E-state index is 5.18. The van der Waals surface area contributed by atoms with Gasteiger partial charge in [-0.15, -0.1) is 0 Å². The summed E-state index contributed by atoms with van der Waals surface area (Å²) in [7, 11) is 0. The third-order valence-corrected chi connectivity index (χ3v) is 4.28. The molecule has 4 heteroatoms. The Balaban J connectivity index is 1.67. The van der Waals surface area contributed by atoms with E-state index in [4.69, 9.17) is 4.42 Å². The van der Waals surface area contributed by atoms with Crippen molar-refractivity contribution in [2.75, 3.05) is 13.1 Å². The molecule has 1 N–H and O–H groups in total. The van der Waals surface area contributed by atoms with Crippen molar-refractivity contribution in [1.29, 1.82) is 0 Å². The van der Waals surface area contributed by atoms with Crippen LogP contribution < -0.4 is 0 Å². The first-order valence-electron chi connectivity index (χ1n) is 7.98. The van der Waals surface area contributed by atoms with Crippen LogP contribution in [0.2, 0.25) is 0 Å². The van der Waals surface area contributed by atoms with Gasteiger partial charge in [0.15, 0.2) is 0 Å². The van der Waals surface area contributed by atoms with Gasteiger partial charge in [-0.05, 0) is 43.4 Å². The highest BCUT2D eigenvalue weighted by Gasteiger charge is 2.25. The van der Waals surface area contributed by atoms with Crippen LogP contribution in [0.1, 0.15) is 49.4 Å². The van der Waals surface area contributed by atoms with Gasteiger partial charge in [0, 0.05) is 30.3 Å². The van der Waals surface area contributed by atoms with Crippen LogP contribution in [0.4, 0.5) is 0 Å². The van der Waals surface area contributed by atoms with Gasteiger partial charge in [-0.3, -0.25) is 10.00 Å². The van der Waals surface area contributed by atoms with Crippen molar-refractivity contribution in [3.05, 3.63) is 41.6 Å². The SMILES string of the molecule is CC(C)Cc1cn[nH]c1[C@H]1CCCN(Cc2ccoc2)C1. The molecule has 1 aliphatic heterocycles. The Morgan fingerprint density at radius 3 is 3.14 bits per heavy atom. The van der Waals surface area contributed by atoms with Gasteiger partial charge in [0.05, 0.1) is 18.7 Å². The molecule has 0 spiro atoms. The molecule has 0 aliphatic carbocycles. The monoisotopic (exact) mass is 287 g/mol. The Kier molecular flexibility index (Phi) is 4.44. The van der Waals surface area contributed by atoms with Crippen LogP contribution in [0, 0.1) is 5.92 Å². The Hall–Kier alpha value is -1.55. The number of rotatable bonds is 5. The maximum Gasteiger partial charge on any atom is 0.0947 e. The fourth-order valence-electron chi connectivity index (χ4n) is 3.35. The highest BCUT2D eigenvalue weighted by atomic mass is 16.3. The summed E-state index contributed by atoms with van der Waals surface area (Å²) in [6, 6.07) is 2.06. The molecule has 2 aromatic rings. The van der Waals surface area contributed by atoms with E-state index >= 15 is 0 Å². The number of furan rings is 1. The molecule has 0 bridgehead atoms. The lowest BCUT2D eigenvalue weighted by molar-refractivity contribution is 0.197. The molecule has 4 nitrogen and oxygen atoms in total. The molecule has 0 saturated carbocycles. The summed E-state index contributed by atoms with van der Waals surface area (Å²) in [5.74, 6) is 1.26. The van der Waals surface area contributed by atoms with Crippen LogP contribution in [-0.2, 0) is 13.0 Å². The number of hydrogen-bond acceptors (Lipinski definition) is 3. The van der Waals surface area contributed by atoms with Gasteiger partial charge in [0.25, 0.3) is 0 Å². The molecule has 3 rings (SSSR count). The van der Waals surface area contributed by atoms with E-state index in [9.17, 15) is 0 Å². The van der Waals surface area contributed by atoms with E-state index in [0.717, 1.165) is 19.5 Å². The minimum atomic E-state index is 0.585. The lowest BCUT2D eigenvalue weighted by Gasteiger charge is -2.32. The van der Waals surface area contributed by atoms with Crippen molar-refractivity contribution in [3.63, 3.8) is 0 Å². The first kappa shape index (κ1) is 14.4. The van der Waals surface area contributed by atoms with Crippen LogP contribution in [0.3, 0.4) is 0 Å². The zero-order valence-corrected chi connectivity index (χ0v) is 13.0. The second kappa shape index (κ2) is 6.48. The Morgan fingerprint density at radius 2 is 2.38 bits per heavy atom. The Morgan fingerprint density at radius 1 is 1.48 bits per heavy atom. The smallest absolute Gasteiger partial charge is 0.0947 e. The number of hydrogen-bond donors (Lipinski definition) is 1. The number of piperidine rings is 1. The van der Waals surface area contributed by atoms with Crippen LogP contribution in [0.15, 0.2) is 29.2 Å². The van der Waals surface area contributed by atoms with Crippen molar-refractivity contribution in [2.24, 2.45) is 5.92 Å². The van der Waals surface area contributed by atoms with Gasteiger partial charge < -0.3 is 4.42 Å². The zero-order valence-electron chi connectivity index (χ0n) is 13.0. The summed E-state index contributed by atoms with van der Waals surface area (Å²) in [5.41, 5.74) is 4.03. The predicted molar refractivity (Wildman–Crippen MR) is 83.1 cm³/mol. The molecular weight excluding hydrogens is 262 g/mol. The molecule has 1 aliphatic rings. The lowest BCUT2D eigenvalue weighted by Crippen LogP contribution is -2.34. The second-order valence-corrected chi connectivity index (χ2v) is 6.61. The minimum absolute atomic E-state index is 0.585. The number of aromatic nitrogens is 2. The van der Waals surface area contributed by atoms with Crippen LogP contribution in [0.25, 0.3) is 0 Å². The van der Waals surface area contributed by atoms with Crippen molar-refractivity contribution in [3.8, 4) is 0 Å². The van der Waals surface area contributed by atoms with E-state index in [2.05, 4.69) is 35.0 Å². The van der Waals surface area contributed by atoms with E-state index in [1.807, 2.05) is 12.5 Å². The van der Waals surface area contributed by atoms with E-state index in [1.165, 1.54) is 36.2 Å². The van der Waals surface area contributed by atoms with Gasteiger partial charge in [-0.2, -0.15) is 5.10 Å². The highest BCUT2D eigenvalue weighted by molar-refractivity contribution is 5.22. The summed E-state index contributed by atoms with van der Waals surface area (Å²) in [5, 5.41) is 7.56. The van der Waals surface area contributed by atoms with E-state index < -0.39 is 0 Å². The first-order valence-corrected chi connectivity index (χ1v) is 7.98. The molecule has 0 radical (unpaired) electrons. The van der Waals surface area contributed by atoms with Crippen LogP contribution in [-0.4, -0.2) is 28.2 Å².